The normalized spacial score (nSPS) is 10.2. The number of carbonyl (C=O) groups excluding carboxylic acids is 1. The van der Waals surface area contributed by atoms with E-state index in [0.29, 0.717) is 17.9 Å². The molecule has 0 saturated carbocycles. The lowest BCUT2D eigenvalue weighted by molar-refractivity contribution is 0.112. The number of carbonyl (C=O) groups is 1. The Kier molecular flexibility index (Phi) is 3.58. The number of benzene rings is 1. The van der Waals surface area contributed by atoms with E-state index in [4.69, 9.17) is 9.26 Å². The number of halogens is 1. The van der Waals surface area contributed by atoms with Gasteiger partial charge in [0.15, 0.2) is 0 Å². The second-order valence-electron chi connectivity index (χ2n) is 3.53. The molecule has 17 heavy (non-hydrogen) atoms. The van der Waals surface area contributed by atoms with Gasteiger partial charge in [0.05, 0.1) is 4.47 Å². The highest BCUT2D eigenvalue weighted by atomic mass is 79.9. The Morgan fingerprint density at radius 3 is 2.88 bits per heavy atom. The molecule has 5 heteroatoms. The number of rotatable bonds is 4. The zero-order valence-electron chi connectivity index (χ0n) is 9.14. The fourth-order valence-corrected chi connectivity index (χ4v) is 1.86. The van der Waals surface area contributed by atoms with Crippen LogP contribution in [-0.4, -0.2) is 11.4 Å². The van der Waals surface area contributed by atoms with Gasteiger partial charge in [-0.05, 0) is 41.1 Å². The molecular weight excluding hydrogens is 286 g/mol. The van der Waals surface area contributed by atoms with E-state index in [-0.39, 0.29) is 0 Å². The van der Waals surface area contributed by atoms with Gasteiger partial charge in [-0.1, -0.05) is 5.16 Å². The molecule has 4 nitrogen and oxygen atoms in total. The molecule has 1 aromatic heterocycles. The first kappa shape index (κ1) is 11.9. The van der Waals surface area contributed by atoms with Gasteiger partial charge in [-0.25, -0.2) is 0 Å². The number of hydrogen-bond acceptors (Lipinski definition) is 4. The topological polar surface area (TPSA) is 52.3 Å². The van der Waals surface area contributed by atoms with Gasteiger partial charge in [-0.3, -0.25) is 4.79 Å². The minimum Gasteiger partial charge on any atom is -0.486 e. The maximum atomic E-state index is 10.6. The number of aromatic nitrogens is 1. The van der Waals surface area contributed by atoms with Crippen LogP contribution in [-0.2, 0) is 6.61 Å². The van der Waals surface area contributed by atoms with Crippen LogP contribution in [0.15, 0.2) is 33.3 Å². The van der Waals surface area contributed by atoms with Gasteiger partial charge >= 0.3 is 0 Å². The minimum absolute atomic E-state index is 0.330. The summed E-state index contributed by atoms with van der Waals surface area (Å²) >= 11 is 3.34. The summed E-state index contributed by atoms with van der Waals surface area (Å²) in [6.07, 6.45) is 0.787. The van der Waals surface area contributed by atoms with Crippen molar-refractivity contribution in [1.82, 2.24) is 5.16 Å². The summed E-state index contributed by atoms with van der Waals surface area (Å²) in [4.78, 5) is 10.6. The van der Waals surface area contributed by atoms with Gasteiger partial charge in [-0.15, -0.1) is 0 Å². The van der Waals surface area contributed by atoms with E-state index in [0.717, 1.165) is 22.2 Å². The van der Waals surface area contributed by atoms with Crippen molar-refractivity contribution in [1.29, 1.82) is 0 Å². The zero-order valence-corrected chi connectivity index (χ0v) is 10.7. The van der Waals surface area contributed by atoms with Gasteiger partial charge in [0.25, 0.3) is 0 Å². The van der Waals surface area contributed by atoms with Gasteiger partial charge in [0.1, 0.15) is 30.1 Å². The molecule has 0 aliphatic heterocycles. The molecule has 0 aliphatic rings. The molecule has 0 fully saturated rings. The van der Waals surface area contributed by atoms with Crippen molar-refractivity contribution in [2.75, 3.05) is 0 Å². The second-order valence-corrected chi connectivity index (χ2v) is 4.38. The molecule has 0 saturated heterocycles. The molecule has 0 bridgehead atoms. The highest BCUT2D eigenvalue weighted by Gasteiger charge is 2.05. The summed E-state index contributed by atoms with van der Waals surface area (Å²) in [6, 6.07) is 6.95. The van der Waals surface area contributed by atoms with Crippen LogP contribution in [0, 0.1) is 6.92 Å². The molecule has 0 radical (unpaired) electrons. The largest absolute Gasteiger partial charge is 0.486 e. The predicted octanol–water partition coefficient (Wildman–Crippen LogP) is 3.14. The molecule has 0 spiro atoms. The third-order valence-electron chi connectivity index (χ3n) is 2.14. The van der Waals surface area contributed by atoms with E-state index in [9.17, 15) is 4.79 Å². The summed E-state index contributed by atoms with van der Waals surface area (Å²) in [7, 11) is 0. The lowest BCUT2D eigenvalue weighted by Crippen LogP contribution is -1.96. The van der Waals surface area contributed by atoms with E-state index in [1.165, 1.54) is 0 Å². The molecule has 0 amide bonds. The average Bonchev–Trinajstić information content (AvgIpc) is 2.73. The quantitative estimate of drug-likeness (QED) is 0.813. The maximum Gasteiger partial charge on any atom is 0.150 e. The number of nitrogens with zero attached hydrogens (tertiary/aromatic N) is 1. The first-order valence-electron chi connectivity index (χ1n) is 4.99. The standard InChI is InChI=1S/C12H10BrNO3/c1-8-4-10(14-17-8)7-16-12-3-2-9(6-15)5-11(12)13/h2-6H,7H2,1H3. The SMILES string of the molecule is Cc1cc(COc2ccc(C=O)cc2Br)no1. The van der Waals surface area contributed by atoms with Crippen molar-refractivity contribution in [3.05, 3.63) is 45.8 Å². The molecule has 88 valence electrons. The Morgan fingerprint density at radius 2 is 2.29 bits per heavy atom. The average molecular weight is 296 g/mol. The van der Waals surface area contributed by atoms with Crippen LogP contribution >= 0.6 is 15.9 Å². The van der Waals surface area contributed by atoms with Gasteiger partial charge in [0.2, 0.25) is 0 Å². The second kappa shape index (κ2) is 5.14. The number of hydrogen-bond donors (Lipinski definition) is 0. The van der Waals surface area contributed by atoms with Crippen molar-refractivity contribution >= 4 is 22.2 Å². The molecule has 1 heterocycles. The lowest BCUT2D eigenvalue weighted by Gasteiger charge is -2.06. The Balaban J connectivity index is 2.06. The van der Waals surface area contributed by atoms with Crippen LogP contribution < -0.4 is 4.74 Å². The number of ether oxygens (including phenoxy) is 1. The van der Waals surface area contributed by atoms with Gasteiger partial charge in [0, 0.05) is 11.6 Å². The van der Waals surface area contributed by atoms with Crippen LogP contribution in [0.5, 0.6) is 5.75 Å². The molecule has 0 unspecified atom stereocenters. The van der Waals surface area contributed by atoms with Gasteiger partial charge in [-0.2, -0.15) is 0 Å². The van der Waals surface area contributed by atoms with E-state index in [1.807, 2.05) is 13.0 Å². The molecule has 1 aromatic carbocycles. The maximum absolute atomic E-state index is 10.6. The van der Waals surface area contributed by atoms with Crippen molar-refractivity contribution in [3.8, 4) is 5.75 Å². The third-order valence-corrected chi connectivity index (χ3v) is 2.76. The molecular formula is C12H10BrNO3. The van der Waals surface area contributed by atoms with E-state index in [1.54, 1.807) is 18.2 Å². The van der Waals surface area contributed by atoms with Gasteiger partial charge < -0.3 is 9.26 Å². The molecule has 0 atom stereocenters. The Bertz CT molecular complexity index is 536. The lowest BCUT2D eigenvalue weighted by atomic mass is 10.2. The van der Waals surface area contributed by atoms with E-state index in [2.05, 4.69) is 21.1 Å². The first-order valence-corrected chi connectivity index (χ1v) is 5.78. The van der Waals surface area contributed by atoms with Crippen LogP contribution in [0.3, 0.4) is 0 Å². The summed E-state index contributed by atoms with van der Waals surface area (Å²) < 4.78 is 11.2. The smallest absolute Gasteiger partial charge is 0.150 e. The number of aldehydes is 1. The first-order chi connectivity index (χ1) is 8.19. The minimum atomic E-state index is 0.330. The Morgan fingerprint density at radius 1 is 1.47 bits per heavy atom. The highest BCUT2D eigenvalue weighted by Crippen LogP contribution is 2.26. The summed E-state index contributed by atoms with van der Waals surface area (Å²) in [6.45, 7) is 2.15. The van der Waals surface area contributed by atoms with Crippen molar-refractivity contribution < 1.29 is 14.1 Å². The molecule has 2 aromatic rings. The zero-order chi connectivity index (χ0) is 12.3. The van der Waals surface area contributed by atoms with E-state index < -0.39 is 0 Å². The van der Waals surface area contributed by atoms with Crippen LogP contribution in [0.25, 0.3) is 0 Å². The summed E-state index contributed by atoms with van der Waals surface area (Å²) in [5, 5.41) is 3.82. The number of aryl methyl sites for hydroxylation is 1. The molecule has 0 aliphatic carbocycles. The monoisotopic (exact) mass is 295 g/mol. The van der Waals surface area contributed by atoms with Crippen LogP contribution in [0.2, 0.25) is 0 Å². The summed E-state index contributed by atoms with van der Waals surface area (Å²) in [5.74, 6) is 1.41. The Labute approximate surface area is 107 Å². The summed E-state index contributed by atoms with van der Waals surface area (Å²) in [5.41, 5.74) is 1.33. The Hall–Kier alpha value is -1.62. The fraction of sp³-hybridized carbons (Fsp3) is 0.167. The third kappa shape index (κ3) is 2.94. The highest BCUT2D eigenvalue weighted by molar-refractivity contribution is 9.10. The van der Waals surface area contributed by atoms with Crippen molar-refractivity contribution in [2.45, 2.75) is 13.5 Å². The molecule has 0 N–H and O–H groups in total. The predicted molar refractivity (Wildman–Crippen MR) is 65.1 cm³/mol. The fourth-order valence-electron chi connectivity index (χ4n) is 1.35. The van der Waals surface area contributed by atoms with Crippen molar-refractivity contribution in [3.63, 3.8) is 0 Å². The van der Waals surface area contributed by atoms with Crippen molar-refractivity contribution in [2.24, 2.45) is 0 Å². The van der Waals surface area contributed by atoms with Crippen LogP contribution in [0.4, 0.5) is 0 Å². The molecule has 2 rings (SSSR count). The van der Waals surface area contributed by atoms with E-state index >= 15 is 0 Å². The van der Waals surface area contributed by atoms with Crippen LogP contribution in [0.1, 0.15) is 21.8 Å².